The SMILES string of the molecule is COC(=O)c1scc(O)c1F. The molecule has 0 aliphatic rings. The maximum atomic E-state index is 12.7. The van der Waals surface area contributed by atoms with Gasteiger partial charge in [-0.1, -0.05) is 0 Å². The van der Waals surface area contributed by atoms with E-state index in [-0.39, 0.29) is 4.88 Å². The van der Waals surface area contributed by atoms with Gasteiger partial charge in [0.2, 0.25) is 0 Å². The van der Waals surface area contributed by atoms with E-state index in [1.54, 1.807) is 0 Å². The highest BCUT2D eigenvalue weighted by Gasteiger charge is 2.17. The van der Waals surface area contributed by atoms with Crippen molar-refractivity contribution in [1.29, 1.82) is 0 Å². The van der Waals surface area contributed by atoms with Crippen LogP contribution in [0.4, 0.5) is 4.39 Å². The number of carbonyl (C=O) groups is 1. The molecule has 3 nitrogen and oxygen atoms in total. The molecule has 1 heterocycles. The van der Waals surface area contributed by atoms with Crippen LogP contribution in [0.3, 0.4) is 0 Å². The number of methoxy groups -OCH3 is 1. The van der Waals surface area contributed by atoms with E-state index in [0.29, 0.717) is 0 Å². The average Bonchev–Trinajstić information content (AvgIpc) is 2.32. The predicted molar refractivity (Wildman–Crippen MR) is 37.3 cm³/mol. The highest BCUT2D eigenvalue weighted by Crippen LogP contribution is 2.26. The zero-order valence-corrected chi connectivity index (χ0v) is 6.44. The quantitative estimate of drug-likeness (QED) is 0.657. The summed E-state index contributed by atoms with van der Waals surface area (Å²) in [6.45, 7) is 0. The standard InChI is InChI=1S/C6H5FO3S/c1-10-6(9)5-4(7)3(8)2-11-5/h2,8H,1H3. The third kappa shape index (κ3) is 1.32. The summed E-state index contributed by atoms with van der Waals surface area (Å²) in [7, 11) is 1.15. The summed E-state index contributed by atoms with van der Waals surface area (Å²) in [4.78, 5) is 10.5. The van der Waals surface area contributed by atoms with E-state index >= 15 is 0 Å². The molecule has 0 spiro atoms. The predicted octanol–water partition coefficient (Wildman–Crippen LogP) is 1.38. The largest absolute Gasteiger partial charge is 0.504 e. The van der Waals surface area contributed by atoms with Crippen molar-refractivity contribution in [3.8, 4) is 5.75 Å². The Morgan fingerprint density at radius 1 is 1.82 bits per heavy atom. The molecule has 0 bridgehead atoms. The van der Waals surface area contributed by atoms with Crippen LogP contribution in [-0.4, -0.2) is 18.2 Å². The minimum atomic E-state index is -0.915. The summed E-state index contributed by atoms with van der Waals surface area (Å²) in [5.41, 5.74) is 0. The van der Waals surface area contributed by atoms with Gasteiger partial charge in [0, 0.05) is 5.38 Å². The van der Waals surface area contributed by atoms with E-state index in [1.165, 1.54) is 0 Å². The zero-order chi connectivity index (χ0) is 8.43. The smallest absolute Gasteiger partial charge is 0.351 e. The zero-order valence-electron chi connectivity index (χ0n) is 5.63. The number of aromatic hydroxyl groups is 1. The van der Waals surface area contributed by atoms with Crippen LogP contribution in [0.2, 0.25) is 0 Å². The maximum Gasteiger partial charge on any atom is 0.351 e. The summed E-state index contributed by atoms with van der Waals surface area (Å²) in [6, 6.07) is 0. The molecule has 0 aliphatic heterocycles. The molecule has 0 aliphatic carbocycles. The molecule has 0 amide bonds. The number of carbonyl (C=O) groups excluding carboxylic acids is 1. The third-order valence-corrected chi connectivity index (χ3v) is 2.01. The van der Waals surface area contributed by atoms with Crippen LogP contribution >= 0.6 is 11.3 Å². The first kappa shape index (κ1) is 8.00. The van der Waals surface area contributed by atoms with Gasteiger partial charge in [0.25, 0.3) is 0 Å². The fourth-order valence-electron chi connectivity index (χ4n) is 0.565. The number of thiophene rings is 1. The first-order chi connectivity index (χ1) is 5.16. The molecule has 0 unspecified atom stereocenters. The van der Waals surface area contributed by atoms with Gasteiger partial charge >= 0.3 is 5.97 Å². The second-order valence-electron chi connectivity index (χ2n) is 1.76. The number of esters is 1. The van der Waals surface area contributed by atoms with E-state index in [0.717, 1.165) is 23.8 Å². The Kier molecular flexibility index (Phi) is 2.09. The van der Waals surface area contributed by atoms with Crippen molar-refractivity contribution in [1.82, 2.24) is 0 Å². The van der Waals surface area contributed by atoms with Gasteiger partial charge in [0.1, 0.15) is 0 Å². The minimum absolute atomic E-state index is 0.204. The van der Waals surface area contributed by atoms with Crippen LogP contribution in [0.25, 0.3) is 0 Å². The Hall–Kier alpha value is -1.10. The third-order valence-electron chi connectivity index (χ3n) is 1.08. The minimum Gasteiger partial charge on any atom is -0.504 e. The molecule has 11 heavy (non-hydrogen) atoms. The van der Waals surface area contributed by atoms with Crippen molar-refractivity contribution in [2.45, 2.75) is 0 Å². The molecule has 1 rings (SSSR count). The average molecular weight is 176 g/mol. The van der Waals surface area contributed by atoms with Crippen molar-refractivity contribution in [3.05, 3.63) is 16.1 Å². The molecule has 0 aromatic carbocycles. The fraction of sp³-hybridized carbons (Fsp3) is 0.167. The maximum absolute atomic E-state index is 12.7. The monoisotopic (exact) mass is 176 g/mol. The lowest BCUT2D eigenvalue weighted by atomic mass is 10.4. The lowest BCUT2D eigenvalue weighted by molar-refractivity contribution is 0.0601. The van der Waals surface area contributed by atoms with Crippen LogP contribution in [0.5, 0.6) is 5.75 Å². The second kappa shape index (κ2) is 2.87. The van der Waals surface area contributed by atoms with Crippen LogP contribution < -0.4 is 0 Å². The van der Waals surface area contributed by atoms with Crippen LogP contribution in [0, 0.1) is 5.82 Å². The summed E-state index contributed by atoms with van der Waals surface area (Å²) in [6.07, 6.45) is 0. The van der Waals surface area contributed by atoms with Gasteiger partial charge in [-0.05, 0) is 0 Å². The van der Waals surface area contributed by atoms with Crippen molar-refractivity contribution in [2.75, 3.05) is 7.11 Å². The van der Waals surface area contributed by atoms with Gasteiger partial charge in [-0.2, -0.15) is 0 Å². The van der Waals surface area contributed by atoms with Crippen molar-refractivity contribution in [3.63, 3.8) is 0 Å². The Balaban J connectivity index is 3.04. The summed E-state index contributed by atoms with van der Waals surface area (Å²) >= 11 is 0.809. The molecular formula is C6H5FO3S. The number of ether oxygens (including phenoxy) is 1. The first-order valence-corrected chi connectivity index (χ1v) is 3.59. The number of rotatable bonds is 1. The molecule has 1 aromatic rings. The topological polar surface area (TPSA) is 46.5 Å². The first-order valence-electron chi connectivity index (χ1n) is 2.71. The number of halogens is 1. The molecule has 0 saturated carbocycles. The molecule has 0 atom stereocenters. The van der Waals surface area contributed by atoms with E-state index in [9.17, 15) is 9.18 Å². The molecule has 0 fully saturated rings. The highest BCUT2D eigenvalue weighted by atomic mass is 32.1. The number of hydrogen-bond donors (Lipinski definition) is 1. The normalized spacial score (nSPS) is 9.64. The summed E-state index contributed by atoms with van der Waals surface area (Å²) in [5.74, 6) is -2.20. The molecule has 0 saturated heterocycles. The molecule has 1 aromatic heterocycles. The van der Waals surface area contributed by atoms with Crippen LogP contribution in [0.1, 0.15) is 9.67 Å². The molecule has 1 N–H and O–H groups in total. The van der Waals surface area contributed by atoms with Crippen molar-refractivity contribution < 1.29 is 19.0 Å². The summed E-state index contributed by atoms with van der Waals surface area (Å²) in [5, 5.41) is 9.85. The van der Waals surface area contributed by atoms with E-state index in [1.807, 2.05) is 0 Å². The Morgan fingerprint density at radius 2 is 2.45 bits per heavy atom. The van der Waals surface area contributed by atoms with Crippen LogP contribution in [0.15, 0.2) is 5.38 Å². The highest BCUT2D eigenvalue weighted by molar-refractivity contribution is 7.12. The van der Waals surface area contributed by atoms with Crippen molar-refractivity contribution >= 4 is 17.3 Å². The lowest BCUT2D eigenvalue weighted by Gasteiger charge is -1.92. The number of hydrogen-bond acceptors (Lipinski definition) is 4. The van der Waals surface area contributed by atoms with Gasteiger partial charge in [-0.3, -0.25) is 0 Å². The van der Waals surface area contributed by atoms with Gasteiger partial charge in [0.05, 0.1) is 7.11 Å². The molecular weight excluding hydrogens is 171 g/mol. The van der Waals surface area contributed by atoms with E-state index in [4.69, 9.17) is 5.11 Å². The Bertz CT molecular complexity index is 281. The van der Waals surface area contributed by atoms with Crippen molar-refractivity contribution in [2.24, 2.45) is 0 Å². The Morgan fingerprint density at radius 3 is 2.82 bits per heavy atom. The fourth-order valence-corrected chi connectivity index (χ4v) is 1.29. The second-order valence-corrected chi connectivity index (χ2v) is 2.64. The molecule has 60 valence electrons. The van der Waals surface area contributed by atoms with E-state index < -0.39 is 17.5 Å². The van der Waals surface area contributed by atoms with Gasteiger partial charge in [0.15, 0.2) is 16.4 Å². The molecule has 0 radical (unpaired) electrons. The Labute approximate surface area is 66.0 Å². The van der Waals surface area contributed by atoms with Gasteiger partial charge in [-0.25, -0.2) is 9.18 Å². The van der Waals surface area contributed by atoms with Gasteiger partial charge < -0.3 is 9.84 Å². The van der Waals surface area contributed by atoms with E-state index in [2.05, 4.69) is 4.74 Å². The van der Waals surface area contributed by atoms with Gasteiger partial charge in [-0.15, -0.1) is 11.3 Å². The van der Waals surface area contributed by atoms with Crippen LogP contribution in [-0.2, 0) is 4.74 Å². The molecule has 5 heteroatoms. The lowest BCUT2D eigenvalue weighted by Crippen LogP contribution is -1.99. The summed E-state index contributed by atoms with van der Waals surface area (Å²) < 4.78 is 16.9.